The van der Waals surface area contributed by atoms with Gasteiger partial charge in [-0.05, 0) is 42.5 Å². The molecule has 1 fully saturated rings. The average Bonchev–Trinajstić information content (AvgIpc) is 3.08. The van der Waals surface area contributed by atoms with E-state index in [-0.39, 0.29) is 22.6 Å². The molecule has 1 aromatic carbocycles. The number of halogens is 2. The molecule has 1 unspecified atom stereocenters. The molecule has 0 saturated carbocycles. The molecular weight excluding hydrogens is 458 g/mol. The van der Waals surface area contributed by atoms with Gasteiger partial charge in [-0.25, -0.2) is 4.39 Å². The highest BCUT2D eigenvalue weighted by Crippen LogP contribution is 2.36. The summed E-state index contributed by atoms with van der Waals surface area (Å²) in [4.78, 5) is 39.1. The van der Waals surface area contributed by atoms with Crippen molar-refractivity contribution in [1.82, 2.24) is 9.88 Å². The van der Waals surface area contributed by atoms with Gasteiger partial charge in [-0.15, -0.1) is 0 Å². The monoisotopic (exact) mass is 488 g/mol. The van der Waals surface area contributed by atoms with E-state index in [1.165, 1.54) is 19.4 Å². The number of hydrogen-bond acceptors (Lipinski definition) is 6. The van der Waals surface area contributed by atoms with Gasteiger partial charge < -0.3 is 20.7 Å². The van der Waals surface area contributed by atoms with E-state index in [9.17, 15) is 23.2 Å². The largest absolute Gasteiger partial charge is 0.493 e. The van der Waals surface area contributed by atoms with Gasteiger partial charge in [0.25, 0.3) is 5.91 Å². The fourth-order valence-corrected chi connectivity index (χ4v) is 3.61. The summed E-state index contributed by atoms with van der Waals surface area (Å²) in [5.74, 6) is -2.44. The number of nitrogens with two attached hydrogens (primary N) is 1. The molecule has 0 radical (unpaired) electrons. The molecule has 188 valence electrons. The summed E-state index contributed by atoms with van der Waals surface area (Å²) in [6, 6.07) is 5.42. The number of methoxy groups -OCH3 is 1. The summed E-state index contributed by atoms with van der Waals surface area (Å²) in [6.45, 7) is 9.07. The molecule has 0 bridgehead atoms. The predicted octanol–water partition coefficient (Wildman–Crippen LogP) is 3.63. The molecule has 2 aromatic rings. The fraction of sp³-hybridized carbons (Fsp3) is 0.360. The van der Waals surface area contributed by atoms with Crippen LogP contribution in [0, 0.1) is 23.0 Å². The minimum atomic E-state index is -1.12. The highest BCUT2D eigenvalue weighted by Gasteiger charge is 2.39. The molecule has 1 aliphatic rings. The SMILES string of the molecule is C/C(N)=C(/C=O)c1cc(NC=O)ccn1.COc1c(C(=O)N2CC(C)C(C)(C)C2)ccc(F)c1F. The number of anilines is 1. The lowest BCUT2D eigenvalue weighted by molar-refractivity contribution is -0.105. The van der Waals surface area contributed by atoms with Crippen molar-refractivity contribution in [2.75, 3.05) is 25.5 Å². The van der Waals surface area contributed by atoms with Gasteiger partial charge in [-0.3, -0.25) is 19.4 Å². The zero-order valence-electron chi connectivity index (χ0n) is 20.4. The lowest BCUT2D eigenvalue weighted by Crippen LogP contribution is -2.30. The Morgan fingerprint density at radius 2 is 1.97 bits per heavy atom. The van der Waals surface area contributed by atoms with E-state index in [0.717, 1.165) is 6.07 Å². The number of amides is 2. The second kappa shape index (κ2) is 11.5. The lowest BCUT2D eigenvalue weighted by atomic mass is 9.84. The van der Waals surface area contributed by atoms with E-state index < -0.39 is 11.6 Å². The number of aldehydes is 1. The number of ether oxygens (including phenoxy) is 1. The highest BCUT2D eigenvalue weighted by atomic mass is 19.2. The second-order valence-electron chi connectivity index (χ2n) is 8.92. The van der Waals surface area contributed by atoms with E-state index >= 15 is 0 Å². The Morgan fingerprint density at radius 3 is 2.49 bits per heavy atom. The van der Waals surface area contributed by atoms with Crippen molar-refractivity contribution >= 4 is 29.9 Å². The third-order valence-corrected chi connectivity index (χ3v) is 6.00. The van der Waals surface area contributed by atoms with E-state index in [2.05, 4.69) is 31.1 Å². The second-order valence-corrected chi connectivity index (χ2v) is 8.92. The summed E-state index contributed by atoms with van der Waals surface area (Å²) >= 11 is 0. The van der Waals surface area contributed by atoms with Crippen LogP contribution in [-0.2, 0) is 9.59 Å². The third-order valence-electron chi connectivity index (χ3n) is 6.00. The molecule has 10 heteroatoms. The van der Waals surface area contributed by atoms with Gasteiger partial charge in [0.2, 0.25) is 12.2 Å². The first-order valence-corrected chi connectivity index (χ1v) is 10.9. The number of carbonyl (C=O) groups is 3. The number of benzene rings is 1. The van der Waals surface area contributed by atoms with Crippen molar-refractivity contribution in [3.8, 4) is 5.75 Å². The average molecular weight is 489 g/mol. The van der Waals surface area contributed by atoms with E-state index in [0.29, 0.717) is 54.4 Å². The molecule has 3 N–H and O–H groups in total. The van der Waals surface area contributed by atoms with Gasteiger partial charge >= 0.3 is 0 Å². The van der Waals surface area contributed by atoms with Crippen LogP contribution in [0.15, 0.2) is 36.2 Å². The van der Waals surface area contributed by atoms with E-state index in [4.69, 9.17) is 10.5 Å². The molecule has 2 heterocycles. The quantitative estimate of drug-likeness (QED) is 0.474. The predicted molar refractivity (Wildman–Crippen MR) is 129 cm³/mol. The van der Waals surface area contributed by atoms with Crippen LogP contribution < -0.4 is 15.8 Å². The van der Waals surface area contributed by atoms with Gasteiger partial charge in [0.1, 0.15) is 0 Å². The number of rotatable bonds is 6. The minimum Gasteiger partial charge on any atom is -0.493 e. The molecule has 1 aliphatic heterocycles. The number of nitrogens with one attached hydrogen (secondary N) is 1. The molecule has 1 aromatic heterocycles. The standard InChI is InChI=1S/C15H19F2NO2.C10H11N3O2/c1-9-7-18(8-15(9,2)3)14(19)10-5-6-11(16)12(17)13(10)20-4;1-7(11)9(5-14)10-4-8(13-6-15)2-3-12-10/h5-6,9H,7-8H2,1-4H3;2-6H,11H2,1H3,(H,12,13,15)/b;9-7+. The number of aromatic nitrogens is 1. The van der Waals surface area contributed by atoms with Crippen molar-refractivity contribution < 1.29 is 27.9 Å². The minimum absolute atomic E-state index is 0.0153. The Balaban J connectivity index is 0.000000258. The first kappa shape index (κ1) is 27.4. The van der Waals surface area contributed by atoms with Crippen molar-refractivity contribution in [3.05, 3.63) is 59.1 Å². The Kier molecular flexibility index (Phi) is 9.05. The Morgan fingerprint density at radius 1 is 1.29 bits per heavy atom. The first-order valence-electron chi connectivity index (χ1n) is 10.9. The molecule has 0 aliphatic carbocycles. The number of nitrogens with zero attached hydrogens (tertiary/aromatic N) is 2. The van der Waals surface area contributed by atoms with Crippen LogP contribution >= 0.6 is 0 Å². The number of hydrogen-bond donors (Lipinski definition) is 2. The van der Waals surface area contributed by atoms with Gasteiger partial charge in [-0.2, -0.15) is 4.39 Å². The van der Waals surface area contributed by atoms with Crippen LogP contribution in [0.2, 0.25) is 0 Å². The summed E-state index contributed by atoms with van der Waals surface area (Å²) in [7, 11) is 1.23. The Bertz CT molecular complexity index is 1130. The topological polar surface area (TPSA) is 115 Å². The van der Waals surface area contributed by atoms with Gasteiger partial charge in [0.05, 0.1) is 23.9 Å². The number of allylic oxidation sites excluding steroid dienone is 2. The molecule has 1 saturated heterocycles. The smallest absolute Gasteiger partial charge is 0.257 e. The molecule has 1 atom stereocenters. The lowest BCUT2D eigenvalue weighted by Gasteiger charge is -2.22. The van der Waals surface area contributed by atoms with Crippen LogP contribution in [0.3, 0.4) is 0 Å². The number of likely N-dealkylation sites (tertiary alicyclic amines) is 1. The third kappa shape index (κ3) is 6.40. The summed E-state index contributed by atoms with van der Waals surface area (Å²) < 4.78 is 31.7. The molecule has 0 spiro atoms. The number of carbonyl (C=O) groups excluding carboxylic acids is 3. The van der Waals surface area contributed by atoms with Gasteiger partial charge in [0, 0.05) is 30.7 Å². The zero-order chi connectivity index (χ0) is 26.3. The maximum absolute atomic E-state index is 13.7. The fourth-order valence-electron chi connectivity index (χ4n) is 3.61. The first-order chi connectivity index (χ1) is 16.5. The summed E-state index contributed by atoms with van der Waals surface area (Å²) in [5, 5.41) is 2.47. The summed E-state index contributed by atoms with van der Waals surface area (Å²) in [5.41, 5.74) is 7.32. The maximum atomic E-state index is 13.7. The summed E-state index contributed by atoms with van der Waals surface area (Å²) in [6.07, 6.45) is 2.69. The van der Waals surface area contributed by atoms with Gasteiger partial charge in [0.15, 0.2) is 17.9 Å². The van der Waals surface area contributed by atoms with Crippen LogP contribution in [-0.4, -0.2) is 48.7 Å². The van der Waals surface area contributed by atoms with Crippen molar-refractivity contribution in [3.63, 3.8) is 0 Å². The Hall–Kier alpha value is -3.82. The normalized spacial score (nSPS) is 17.0. The maximum Gasteiger partial charge on any atom is 0.257 e. The molecule has 8 nitrogen and oxygen atoms in total. The molecule has 35 heavy (non-hydrogen) atoms. The van der Waals surface area contributed by atoms with Crippen molar-refractivity contribution in [2.24, 2.45) is 17.1 Å². The van der Waals surface area contributed by atoms with Crippen molar-refractivity contribution in [2.45, 2.75) is 27.7 Å². The van der Waals surface area contributed by atoms with Crippen LogP contribution in [0.25, 0.3) is 5.57 Å². The van der Waals surface area contributed by atoms with Crippen molar-refractivity contribution in [1.29, 1.82) is 0 Å². The molecule has 3 rings (SSSR count). The van der Waals surface area contributed by atoms with E-state index in [1.54, 1.807) is 24.0 Å². The molecule has 2 amide bonds. The van der Waals surface area contributed by atoms with E-state index in [1.807, 2.05) is 0 Å². The zero-order valence-corrected chi connectivity index (χ0v) is 20.4. The molecular formula is C25H30F2N4O4. The number of pyridine rings is 1. The highest BCUT2D eigenvalue weighted by molar-refractivity contribution is 6.07. The van der Waals surface area contributed by atoms with Crippen LogP contribution in [0.4, 0.5) is 14.5 Å². The van der Waals surface area contributed by atoms with Crippen LogP contribution in [0.5, 0.6) is 5.75 Å². The Labute approximate surface area is 203 Å². The van der Waals surface area contributed by atoms with Gasteiger partial charge in [-0.1, -0.05) is 20.8 Å². The van der Waals surface area contributed by atoms with Crippen LogP contribution in [0.1, 0.15) is 43.7 Å².